The maximum Gasteiger partial charge on any atom is 0.172 e. The van der Waals surface area contributed by atoms with Crippen LogP contribution in [0.1, 0.15) is 35.9 Å². The SMILES string of the molecule is CCCc1c(C=O)nnn1CCCO. The van der Waals surface area contributed by atoms with Gasteiger partial charge >= 0.3 is 0 Å². The third-order valence-corrected chi connectivity index (χ3v) is 1.99. The zero-order valence-electron chi connectivity index (χ0n) is 8.31. The van der Waals surface area contributed by atoms with Crippen molar-refractivity contribution in [3.05, 3.63) is 11.4 Å². The number of aliphatic hydroxyl groups excluding tert-OH is 1. The second-order valence-electron chi connectivity index (χ2n) is 3.09. The lowest BCUT2D eigenvalue weighted by Crippen LogP contribution is -2.07. The van der Waals surface area contributed by atoms with Crippen LogP contribution in [-0.2, 0) is 13.0 Å². The molecule has 0 aliphatic heterocycles. The molecule has 0 amide bonds. The largest absolute Gasteiger partial charge is 0.396 e. The summed E-state index contributed by atoms with van der Waals surface area (Å²) < 4.78 is 1.70. The Bertz CT molecular complexity index is 296. The Labute approximate surface area is 82.7 Å². The molecule has 5 nitrogen and oxygen atoms in total. The van der Waals surface area contributed by atoms with Crippen LogP contribution in [0.25, 0.3) is 0 Å². The minimum absolute atomic E-state index is 0.127. The van der Waals surface area contributed by atoms with E-state index in [0.29, 0.717) is 18.7 Å². The standard InChI is InChI=1S/C9H15N3O2/c1-2-4-9-8(7-14)10-11-12(9)5-3-6-13/h7,13H,2-6H2,1H3. The molecule has 1 N–H and O–H groups in total. The van der Waals surface area contributed by atoms with Crippen LogP contribution in [0.2, 0.25) is 0 Å². The number of aromatic nitrogens is 3. The van der Waals surface area contributed by atoms with Crippen molar-refractivity contribution in [3.8, 4) is 0 Å². The van der Waals surface area contributed by atoms with Crippen molar-refractivity contribution < 1.29 is 9.90 Å². The van der Waals surface area contributed by atoms with E-state index in [1.807, 2.05) is 6.92 Å². The molecule has 0 unspecified atom stereocenters. The van der Waals surface area contributed by atoms with E-state index in [2.05, 4.69) is 10.3 Å². The molecule has 5 heteroatoms. The first kappa shape index (κ1) is 10.8. The lowest BCUT2D eigenvalue weighted by molar-refractivity contribution is 0.111. The summed E-state index contributed by atoms with van der Waals surface area (Å²) >= 11 is 0. The van der Waals surface area contributed by atoms with Gasteiger partial charge in [0.25, 0.3) is 0 Å². The summed E-state index contributed by atoms with van der Waals surface area (Å²) in [7, 11) is 0. The van der Waals surface area contributed by atoms with Gasteiger partial charge in [0.15, 0.2) is 6.29 Å². The van der Waals surface area contributed by atoms with Crippen molar-refractivity contribution in [1.29, 1.82) is 0 Å². The second-order valence-corrected chi connectivity index (χ2v) is 3.09. The number of rotatable bonds is 6. The summed E-state index contributed by atoms with van der Waals surface area (Å²) in [6.45, 7) is 2.78. The highest BCUT2D eigenvalue weighted by molar-refractivity contribution is 5.73. The van der Waals surface area contributed by atoms with Gasteiger partial charge < -0.3 is 5.11 Å². The van der Waals surface area contributed by atoms with Gasteiger partial charge in [-0.2, -0.15) is 0 Å². The first-order valence-electron chi connectivity index (χ1n) is 4.81. The van der Waals surface area contributed by atoms with Crippen LogP contribution in [0, 0.1) is 0 Å². The van der Waals surface area contributed by atoms with Crippen LogP contribution in [0.4, 0.5) is 0 Å². The highest BCUT2D eigenvalue weighted by Gasteiger charge is 2.10. The fourth-order valence-corrected chi connectivity index (χ4v) is 1.33. The molecule has 78 valence electrons. The van der Waals surface area contributed by atoms with Crippen LogP contribution in [0.15, 0.2) is 0 Å². The monoisotopic (exact) mass is 197 g/mol. The smallest absolute Gasteiger partial charge is 0.172 e. The van der Waals surface area contributed by atoms with E-state index in [4.69, 9.17) is 5.11 Å². The minimum atomic E-state index is 0.127. The lowest BCUT2D eigenvalue weighted by Gasteiger charge is -2.03. The number of aliphatic hydroxyl groups is 1. The molecule has 0 aliphatic carbocycles. The fraction of sp³-hybridized carbons (Fsp3) is 0.667. The molecule has 0 radical (unpaired) electrons. The minimum Gasteiger partial charge on any atom is -0.396 e. The topological polar surface area (TPSA) is 68.0 Å². The molecule has 1 aromatic heterocycles. The molecule has 0 spiro atoms. The molecule has 0 saturated carbocycles. The van der Waals surface area contributed by atoms with Crippen molar-refractivity contribution >= 4 is 6.29 Å². The van der Waals surface area contributed by atoms with Crippen LogP contribution < -0.4 is 0 Å². The Morgan fingerprint density at radius 2 is 2.36 bits per heavy atom. The average molecular weight is 197 g/mol. The average Bonchev–Trinajstić information content (AvgIpc) is 2.58. The Hall–Kier alpha value is -1.23. The molecular formula is C9H15N3O2. The summed E-state index contributed by atoms with van der Waals surface area (Å²) in [4.78, 5) is 10.6. The summed E-state index contributed by atoms with van der Waals surface area (Å²) in [5.41, 5.74) is 1.29. The number of hydrogen-bond donors (Lipinski definition) is 1. The van der Waals surface area contributed by atoms with Gasteiger partial charge in [-0.05, 0) is 12.8 Å². The van der Waals surface area contributed by atoms with Crippen LogP contribution in [0.3, 0.4) is 0 Å². The molecule has 0 atom stereocenters. The fourth-order valence-electron chi connectivity index (χ4n) is 1.33. The van der Waals surface area contributed by atoms with Crippen molar-refractivity contribution in [3.63, 3.8) is 0 Å². The van der Waals surface area contributed by atoms with Crippen LogP contribution in [0.5, 0.6) is 0 Å². The molecule has 0 saturated heterocycles. The third-order valence-electron chi connectivity index (χ3n) is 1.99. The van der Waals surface area contributed by atoms with Crippen LogP contribution in [-0.4, -0.2) is 33.0 Å². The Balaban J connectivity index is 2.80. The molecule has 1 rings (SSSR count). The van der Waals surface area contributed by atoms with Gasteiger partial charge in [0.1, 0.15) is 5.69 Å². The number of hydrogen-bond acceptors (Lipinski definition) is 4. The maximum absolute atomic E-state index is 10.6. The van der Waals surface area contributed by atoms with Gasteiger partial charge in [-0.25, -0.2) is 4.68 Å². The normalized spacial score (nSPS) is 10.4. The molecule has 1 aromatic rings. The van der Waals surface area contributed by atoms with Crippen LogP contribution >= 0.6 is 0 Å². The third kappa shape index (κ3) is 2.38. The van der Waals surface area contributed by atoms with Crippen molar-refractivity contribution in [1.82, 2.24) is 15.0 Å². The van der Waals surface area contributed by atoms with Gasteiger partial charge in [0.2, 0.25) is 0 Å². The number of carbonyl (C=O) groups is 1. The number of carbonyl (C=O) groups excluding carboxylic acids is 1. The highest BCUT2D eigenvalue weighted by Crippen LogP contribution is 2.06. The summed E-state index contributed by atoms with van der Waals surface area (Å²) in [5, 5.41) is 16.3. The van der Waals surface area contributed by atoms with Crippen molar-refractivity contribution in [2.75, 3.05) is 6.61 Å². The zero-order valence-corrected chi connectivity index (χ0v) is 8.31. The summed E-state index contributed by atoms with van der Waals surface area (Å²) in [5.74, 6) is 0. The van der Waals surface area contributed by atoms with Gasteiger partial charge in [0.05, 0.1) is 5.69 Å². The van der Waals surface area contributed by atoms with E-state index in [0.717, 1.165) is 24.8 Å². The highest BCUT2D eigenvalue weighted by atomic mass is 16.3. The van der Waals surface area contributed by atoms with E-state index in [1.165, 1.54) is 0 Å². The number of nitrogens with zero attached hydrogens (tertiary/aromatic N) is 3. The lowest BCUT2D eigenvalue weighted by atomic mass is 10.2. The molecule has 0 aliphatic rings. The summed E-state index contributed by atoms with van der Waals surface area (Å²) in [6.07, 6.45) is 3.12. The Morgan fingerprint density at radius 1 is 1.57 bits per heavy atom. The zero-order chi connectivity index (χ0) is 10.4. The van der Waals surface area contributed by atoms with Gasteiger partial charge in [-0.1, -0.05) is 18.6 Å². The first-order chi connectivity index (χ1) is 6.83. The van der Waals surface area contributed by atoms with Crippen molar-refractivity contribution in [2.24, 2.45) is 0 Å². The molecule has 0 bridgehead atoms. The molecule has 0 fully saturated rings. The van der Waals surface area contributed by atoms with Gasteiger partial charge in [-0.15, -0.1) is 5.10 Å². The van der Waals surface area contributed by atoms with E-state index in [-0.39, 0.29) is 6.61 Å². The molecule has 0 aromatic carbocycles. The van der Waals surface area contributed by atoms with E-state index < -0.39 is 0 Å². The Kier molecular flexibility index (Phi) is 4.25. The second kappa shape index (κ2) is 5.49. The predicted molar refractivity (Wildman–Crippen MR) is 51.1 cm³/mol. The predicted octanol–water partition coefficient (Wildman–Crippen LogP) is 0.426. The van der Waals surface area contributed by atoms with Gasteiger partial charge in [-0.3, -0.25) is 4.79 Å². The molecule has 14 heavy (non-hydrogen) atoms. The summed E-state index contributed by atoms with van der Waals surface area (Å²) in [6, 6.07) is 0. The van der Waals surface area contributed by atoms with E-state index in [1.54, 1.807) is 4.68 Å². The number of aryl methyl sites for hydroxylation is 1. The number of aldehydes is 1. The Morgan fingerprint density at radius 3 is 2.93 bits per heavy atom. The maximum atomic E-state index is 10.6. The van der Waals surface area contributed by atoms with Gasteiger partial charge in [0, 0.05) is 13.2 Å². The van der Waals surface area contributed by atoms with E-state index in [9.17, 15) is 4.79 Å². The van der Waals surface area contributed by atoms with Crippen molar-refractivity contribution in [2.45, 2.75) is 32.7 Å². The quantitative estimate of drug-likeness (QED) is 0.671. The molecule has 1 heterocycles. The van der Waals surface area contributed by atoms with E-state index >= 15 is 0 Å². The molecular weight excluding hydrogens is 182 g/mol. The first-order valence-corrected chi connectivity index (χ1v) is 4.81.